The molecule has 0 radical (unpaired) electrons. The Morgan fingerprint density at radius 2 is 0.775 bits per heavy atom. The first-order valence-electron chi connectivity index (χ1n) is 17.2. The smallest absolute Gasteiger partial charge is 0.0622 e. The second-order valence-electron chi connectivity index (χ2n) is 9.85. The van der Waals surface area contributed by atoms with Crippen molar-refractivity contribution in [2.24, 2.45) is 0 Å². The fourth-order valence-corrected chi connectivity index (χ4v) is 5.99. The predicted octanol–water partition coefficient (Wildman–Crippen LogP) is 11.3. The van der Waals surface area contributed by atoms with Crippen LogP contribution in [0.3, 0.4) is 0 Å². The summed E-state index contributed by atoms with van der Waals surface area (Å²) >= 11 is 0. The Bertz CT molecular complexity index is 2560. The number of rotatable bonds is 3. The highest BCUT2D eigenvalue weighted by atomic mass is 14.2. The van der Waals surface area contributed by atoms with Crippen molar-refractivity contribution in [1.29, 1.82) is 0 Å². The SMILES string of the molecule is [2H]c1c([2H])c([2H])c2c(-c3ccc(-c4ccccc4)c4ccccc34)c3c([2H])c([2H])c([2H])c([2H])c3c(-c3cccc4ccccc34)c2c1[2H]. The number of fused-ring (bicyclic) bond motifs is 4. The van der Waals surface area contributed by atoms with Gasteiger partial charge in [-0.2, -0.15) is 0 Å². The molecule has 0 aromatic heterocycles. The number of benzene rings is 8. The molecular formula is C40H26. The number of hydrogen-bond acceptors (Lipinski definition) is 0. The van der Waals surface area contributed by atoms with E-state index in [0.29, 0.717) is 22.3 Å². The van der Waals surface area contributed by atoms with Gasteiger partial charge in [-0.25, -0.2) is 0 Å². The molecule has 0 aliphatic heterocycles. The predicted molar refractivity (Wildman–Crippen MR) is 173 cm³/mol. The fourth-order valence-electron chi connectivity index (χ4n) is 5.99. The summed E-state index contributed by atoms with van der Waals surface area (Å²) in [5.41, 5.74) is 3.90. The zero-order chi connectivity index (χ0) is 33.4. The van der Waals surface area contributed by atoms with Crippen molar-refractivity contribution in [3.05, 3.63) is 158 Å². The maximum absolute atomic E-state index is 9.34. The molecule has 8 aromatic rings. The first-order valence-corrected chi connectivity index (χ1v) is 13.2. The molecule has 0 aliphatic carbocycles. The molecule has 0 saturated heterocycles. The Balaban J connectivity index is 1.69. The van der Waals surface area contributed by atoms with Crippen LogP contribution in [0.4, 0.5) is 0 Å². The maximum Gasteiger partial charge on any atom is 0.0629 e. The summed E-state index contributed by atoms with van der Waals surface area (Å²) in [7, 11) is 0. The summed E-state index contributed by atoms with van der Waals surface area (Å²) in [5.74, 6) is 0. The van der Waals surface area contributed by atoms with E-state index < -0.39 is 24.2 Å². The molecule has 186 valence electrons. The lowest BCUT2D eigenvalue weighted by Gasteiger charge is -2.20. The summed E-state index contributed by atoms with van der Waals surface area (Å²) in [6.07, 6.45) is 0. The van der Waals surface area contributed by atoms with Gasteiger partial charge in [-0.1, -0.05) is 158 Å². The van der Waals surface area contributed by atoms with E-state index in [-0.39, 0.29) is 45.7 Å². The van der Waals surface area contributed by atoms with Gasteiger partial charge in [-0.15, -0.1) is 0 Å². The molecule has 0 nitrogen and oxygen atoms in total. The second kappa shape index (κ2) is 9.22. The van der Waals surface area contributed by atoms with Crippen molar-refractivity contribution in [1.82, 2.24) is 0 Å². The summed E-state index contributed by atoms with van der Waals surface area (Å²) < 4.78 is 72.3. The van der Waals surface area contributed by atoms with Gasteiger partial charge in [0.2, 0.25) is 0 Å². The first kappa shape index (κ1) is 16.0. The van der Waals surface area contributed by atoms with Crippen LogP contribution in [0.5, 0.6) is 0 Å². The van der Waals surface area contributed by atoms with Crippen LogP contribution in [0.15, 0.2) is 158 Å². The van der Waals surface area contributed by atoms with Gasteiger partial charge in [0.05, 0.1) is 11.0 Å². The Kier molecular flexibility index (Phi) is 3.70. The molecule has 0 atom stereocenters. The lowest BCUT2D eigenvalue weighted by molar-refractivity contribution is 1.64. The first-order chi connectivity index (χ1) is 23.2. The van der Waals surface area contributed by atoms with E-state index in [1.54, 1.807) is 0 Å². The van der Waals surface area contributed by atoms with E-state index in [2.05, 4.69) is 0 Å². The maximum atomic E-state index is 9.34. The molecule has 0 bridgehead atoms. The molecule has 0 aliphatic rings. The van der Waals surface area contributed by atoms with E-state index in [0.717, 1.165) is 32.7 Å². The zero-order valence-corrected chi connectivity index (χ0v) is 21.4. The van der Waals surface area contributed by atoms with Crippen molar-refractivity contribution in [2.75, 3.05) is 0 Å². The average molecular weight is 515 g/mol. The molecule has 8 aromatic carbocycles. The summed E-state index contributed by atoms with van der Waals surface area (Å²) in [4.78, 5) is 0. The van der Waals surface area contributed by atoms with Gasteiger partial charge in [-0.3, -0.25) is 0 Å². The minimum absolute atomic E-state index is 0.207. The van der Waals surface area contributed by atoms with Crippen molar-refractivity contribution in [2.45, 2.75) is 0 Å². The van der Waals surface area contributed by atoms with Gasteiger partial charge in [0.25, 0.3) is 0 Å². The third kappa shape index (κ3) is 3.47. The van der Waals surface area contributed by atoms with Gasteiger partial charge < -0.3 is 0 Å². The molecule has 0 unspecified atom stereocenters. The summed E-state index contributed by atoms with van der Waals surface area (Å²) in [6, 6.07) is 32.2. The fraction of sp³-hybridized carbons (Fsp3) is 0. The van der Waals surface area contributed by atoms with Crippen molar-refractivity contribution in [3.8, 4) is 33.4 Å². The zero-order valence-electron chi connectivity index (χ0n) is 29.4. The van der Waals surface area contributed by atoms with Gasteiger partial charge >= 0.3 is 0 Å². The lowest BCUT2D eigenvalue weighted by Crippen LogP contribution is -1.93. The number of hydrogen-bond donors (Lipinski definition) is 0. The van der Waals surface area contributed by atoms with Gasteiger partial charge in [0.1, 0.15) is 0 Å². The average Bonchev–Trinajstić information content (AvgIpc) is 3.13. The highest BCUT2D eigenvalue weighted by molar-refractivity contribution is 6.25. The van der Waals surface area contributed by atoms with Crippen LogP contribution >= 0.6 is 0 Å². The van der Waals surface area contributed by atoms with Crippen LogP contribution in [-0.4, -0.2) is 0 Å². The molecule has 0 heterocycles. The summed E-state index contributed by atoms with van der Waals surface area (Å²) in [5, 5.41) is 4.22. The van der Waals surface area contributed by atoms with Crippen LogP contribution in [0.2, 0.25) is 0 Å². The largest absolute Gasteiger partial charge is 0.0629 e. The Morgan fingerprint density at radius 3 is 1.40 bits per heavy atom. The van der Waals surface area contributed by atoms with Crippen LogP contribution < -0.4 is 0 Å². The molecule has 0 heteroatoms. The third-order valence-electron chi connectivity index (χ3n) is 7.71. The minimum Gasteiger partial charge on any atom is -0.0622 e. The highest BCUT2D eigenvalue weighted by Crippen LogP contribution is 2.47. The van der Waals surface area contributed by atoms with E-state index in [1.807, 2.05) is 109 Å². The van der Waals surface area contributed by atoms with Crippen LogP contribution in [-0.2, 0) is 0 Å². The molecule has 0 N–H and O–H groups in total. The van der Waals surface area contributed by atoms with Gasteiger partial charge in [0, 0.05) is 0 Å². The Hall–Kier alpha value is -5.20. The third-order valence-corrected chi connectivity index (χ3v) is 7.71. The molecule has 0 fully saturated rings. The van der Waals surface area contributed by atoms with Crippen molar-refractivity contribution in [3.63, 3.8) is 0 Å². The quantitative estimate of drug-likeness (QED) is 0.206. The Morgan fingerprint density at radius 1 is 0.325 bits per heavy atom. The molecule has 0 spiro atoms. The normalized spacial score (nSPS) is 14.3. The van der Waals surface area contributed by atoms with Crippen LogP contribution in [0.25, 0.3) is 76.5 Å². The minimum atomic E-state index is -0.414. The summed E-state index contributed by atoms with van der Waals surface area (Å²) in [6.45, 7) is 0. The monoisotopic (exact) mass is 514 g/mol. The van der Waals surface area contributed by atoms with E-state index in [4.69, 9.17) is 5.48 Å². The highest BCUT2D eigenvalue weighted by Gasteiger charge is 2.19. The van der Waals surface area contributed by atoms with Crippen molar-refractivity contribution < 1.29 is 11.0 Å². The molecule has 0 saturated carbocycles. The molecular weight excluding hydrogens is 480 g/mol. The Labute approximate surface area is 245 Å². The molecule has 0 amide bonds. The van der Waals surface area contributed by atoms with Crippen LogP contribution in [0.1, 0.15) is 11.0 Å². The van der Waals surface area contributed by atoms with E-state index in [9.17, 15) is 5.48 Å². The molecule has 40 heavy (non-hydrogen) atoms. The molecule has 8 rings (SSSR count). The second-order valence-corrected chi connectivity index (χ2v) is 9.85. The standard InChI is InChI=1S/C40H26/c1-2-13-27(14-3-1)30-25-26-38(32-19-7-6-18-31(30)32)40-36-22-10-8-20-34(36)39(35-21-9-11-23-37(35)40)33-24-12-16-28-15-4-5-17-29(28)33/h1-26H/i8D,9D,10D,11D,20D,21D,22D,23D. The van der Waals surface area contributed by atoms with E-state index >= 15 is 0 Å². The van der Waals surface area contributed by atoms with Gasteiger partial charge in [0.15, 0.2) is 0 Å². The topological polar surface area (TPSA) is 0 Å². The van der Waals surface area contributed by atoms with E-state index in [1.165, 1.54) is 0 Å². The van der Waals surface area contributed by atoms with Crippen LogP contribution in [0, 0.1) is 0 Å². The lowest BCUT2D eigenvalue weighted by atomic mass is 9.83. The van der Waals surface area contributed by atoms with Crippen molar-refractivity contribution >= 4 is 43.1 Å². The van der Waals surface area contributed by atoms with Gasteiger partial charge in [-0.05, 0) is 76.5 Å².